The average Bonchev–Trinajstić information content (AvgIpc) is 1.61. The number of rotatable bonds is 3. The first-order valence-corrected chi connectivity index (χ1v) is 2.34. The van der Waals surface area contributed by atoms with E-state index in [1.807, 2.05) is 0 Å². The lowest BCUT2D eigenvalue weighted by atomic mass is 10.5. The van der Waals surface area contributed by atoms with Crippen LogP contribution in [0.15, 0.2) is 5.11 Å². The van der Waals surface area contributed by atoms with Crippen molar-refractivity contribution >= 4 is 11.6 Å². The van der Waals surface area contributed by atoms with Crippen LogP contribution in [0.4, 0.5) is 0 Å². The molecular weight excluding hydrogens is 99.5 g/mol. The first-order chi connectivity index (χ1) is 2.91. The predicted molar refractivity (Wildman–Crippen MR) is 25.4 cm³/mol. The Morgan fingerprint density at radius 2 is 2.33 bits per heavy atom. The SMILES string of the molecule is N=NCCCCl. The molecule has 0 fully saturated rings. The summed E-state index contributed by atoms with van der Waals surface area (Å²) < 4.78 is 0. The molecule has 0 aliphatic rings. The van der Waals surface area contributed by atoms with Gasteiger partial charge in [0.2, 0.25) is 0 Å². The van der Waals surface area contributed by atoms with Gasteiger partial charge in [-0.15, -0.1) is 11.6 Å². The largest absolute Gasteiger partial charge is 0.210 e. The van der Waals surface area contributed by atoms with E-state index in [0.717, 1.165) is 6.42 Å². The maximum atomic E-state index is 6.27. The Labute approximate surface area is 42.0 Å². The monoisotopic (exact) mass is 106 g/mol. The maximum absolute atomic E-state index is 6.27. The van der Waals surface area contributed by atoms with Gasteiger partial charge in [0.25, 0.3) is 0 Å². The van der Waals surface area contributed by atoms with Crippen LogP contribution in [-0.2, 0) is 0 Å². The van der Waals surface area contributed by atoms with Gasteiger partial charge >= 0.3 is 0 Å². The molecule has 0 heterocycles. The molecule has 0 saturated carbocycles. The maximum Gasteiger partial charge on any atom is 0.0607 e. The quantitative estimate of drug-likeness (QED) is 0.323. The zero-order valence-corrected chi connectivity index (χ0v) is 4.20. The van der Waals surface area contributed by atoms with Gasteiger partial charge in [0, 0.05) is 5.88 Å². The molecule has 3 heteroatoms. The van der Waals surface area contributed by atoms with E-state index in [1.54, 1.807) is 0 Å². The lowest BCUT2D eigenvalue weighted by Gasteiger charge is -1.79. The Balaban J connectivity index is 2.49. The van der Waals surface area contributed by atoms with Gasteiger partial charge in [-0.05, 0) is 6.42 Å². The topological polar surface area (TPSA) is 36.2 Å². The fraction of sp³-hybridized carbons (Fsp3) is 1.00. The summed E-state index contributed by atoms with van der Waals surface area (Å²) in [7, 11) is 0. The van der Waals surface area contributed by atoms with Crippen LogP contribution >= 0.6 is 11.6 Å². The second-order valence-corrected chi connectivity index (χ2v) is 1.30. The van der Waals surface area contributed by atoms with Gasteiger partial charge < -0.3 is 0 Å². The summed E-state index contributed by atoms with van der Waals surface area (Å²) in [5, 5.41) is 3.09. The minimum Gasteiger partial charge on any atom is -0.210 e. The molecule has 0 saturated heterocycles. The van der Waals surface area contributed by atoms with Crippen LogP contribution in [0.2, 0.25) is 0 Å². The molecule has 0 unspecified atom stereocenters. The van der Waals surface area contributed by atoms with Crippen molar-refractivity contribution in [2.45, 2.75) is 6.42 Å². The molecular formula is C3H7ClN2. The summed E-state index contributed by atoms with van der Waals surface area (Å²) in [5.41, 5.74) is 6.27. The average molecular weight is 107 g/mol. The van der Waals surface area contributed by atoms with E-state index < -0.39 is 0 Å². The highest BCUT2D eigenvalue weighted by molar-refractivity contribution is 6.17. The van der Waals surface area contributed by atoms with Crippen molar-refractivity contribution in [3.63, 3.8) is 0 Å². The Morgan fingerprint density at radius 3 is 2.50 bits per heavy atom. The molecule has 0 aromatic heterocycles. The summed E-state index contributed by atoms with van der Waals surface area (Å²) in [4.78, 5) is 0. The fourth-order valence-electron chi connectivity index (χ4n) is 0.139. The molecule has 2 nitrogen and oxygen atoms in total. The summed E-state index contributed by atoms with van der Waals surface area (Å²) in [6, 6.07) is 0. The van der Waals surface area contributed by atoms with E-state index in [4.69, 9.17) is 17.1 Å². The summed E-state index contributed by atoms with van der Waals surface area (Å²) in [6.07, 6.45) is 0.824. The van der Waals surface area contributed by atoms with Crippen LogP contribution in [0, 0.1) is 5.53 Å². The van der Waals surface area contributed by atoms with E-state index in [1.165, 1.54) is 0 Å². The molecule has 0 rings (SSSR count). The summed E-state index contributed by atoms with van der Waals surface area (Å²) in [5.74, 6) is 0.613. The van der Waals surface area contributed by atoms with Crippen molar-refractivity contribution in [1.29, 1.82) is 5.53 Å². The van der Waals surface area contributed by atoms with Gasteiger partial charge in [-0.2, -0.15) is 5.11 Å². The zero-order valence-electron chi connectivity index (χ0n) is 3.45. The second kappa shape index (κ2) is 4.89. The van der Waals surface area contributed by atoms with Gasteiger partial charge in [-0.1, -0.05) is 0 Å². The first kappa shape index (κ1) is 5.89. The summed E-state index contributed by atoms with van der Waals surface area (Å²) >= 11 is 5.24. The molecule has 0 aliphatic heterocycles. The molecule has 0 aliphatic carbocycles. The van der Waals surface area contributed by atoms with Crippen LogP contribution in [0.1, 0.15) is 6.42 Å². The molecule has 0 radical (unpaired) electrons. The van der Waals surface area contributed by atoms with Crippen molar-refractivity contribution in [2.24, 2.45) is 5.11 Å². The van der Waals surface area contributed by atoms with Gasteiger partial charge in [0.05, 0.1) is 6.54 Å². The van der Waals surface area contributed by atoms with E-state index in [0.29, 0.717) is 12.4 Å². The highest BCUT2D eigenvalue weighted by atomic mass is 35.5. The number of hydrogen-bond acceptors (Lipinski definition) is 2. The van der Waals surface area contributed by atoms with Crippen LogP contribution < -0.4 is 0 Å². The van der Waals surface area contributed by atoms with Crippen LogP contribution in [0.3, 0.4) is 0 Å². The lowest BCUT2D eigenvalue weighted by molar-refractivity contribution is 0.848. The molecule has 0 bridgehead atoms. The molecule has 0 aromatic rings. The molecule has 0 atom stereocenters. The van der Waals surface area contributed by atoms with Crippen molar-refractivity contribution in [3.05, 3.63) is 0 Å². The Morgan fingerprint density at radius 1 is 1.67 bits per heavy atom. The van der Waals surface area contributed by atoms with Gasteiger partial charge in [0.15, 0.2) is 0 Å². The van der Waals surface area contributed by atoms with Crippen LogP contribution in [0.5, 0.6) is 0 Å². The number of alkyl halides is 1. The normalized spacial score (nSPS) is 8.17. The molecule has 6 heavy (non-hydrogen) atoms. The van der Waals surface area contributed by atoms with E-state index >= 15 is 0 Å². The minimum atomic E-state index is 0.573. The van der Waals surface area contributed by atoms with Crippen molar-refractivity contribution < 1.29 is 0 Å². The highest BCUT2D eigenvalue weighted by Crippen LogP contribution is 1.82. The standard InChI is InChI=1S/C3H7ClN2/c4-2-1-3-6-5/h5H,1-3H2. The third-order valence-corrected chi connectivity index (χ3v) is 0.671. The zero-order chi connectivity index (χ0) is 4.83. The Bertz CT molecular complexity index is 37.8. The molecule has 36 valence electrons. The van der Waals surface area contributed by atoms with Gasteiger partial charge in [-0.25, -0.2) is 5.53 Å². The third-order valence-electron chi connectivity index (χ3n) is 0.404. The minimum absolute atomic E-state index is 0.573. The van der Waals surface area contributed by atoms with E-state index in [2.05, 4.69) is 5.11 Å². The first-order valence-electron chi connectivity index (χ1n) is 1.81. The number of nitrogens with zero attached hydrogens (tertiary/aromatic N) is 1. The van der Waals surface area contributed by atoms with Crippen molar-refractivity contribution in [3.8, 4) is 0 Å². The molecule has 1 N–H and O–H groups in total. The molecule has 0 amide bonds. The Hall–Kier alpha value is -0.110. The smallest absolute Gasteiger partial charge is 0.0607 e. The Kier molecular flexibility index (Phi) is 4.80. The number of nitrogens with one attached hydrogen (secondary N) is 1. The van der Waals surface area contributed by atoms with Crippen LogP contribution in [0.25, 0.3) is 0 Å². The van der Waals surface area contributed by atoms with Gasteiger partial charge in [-0.3, -0.25) is 0 Å². The lowest BCUT2D eigenvalue weighted by Crippen LogP contribution is -1.76. The van der Waals surface area contributed by atoms with Crippen molar-refractivity contribution in [1.82, 2.24) is 0 Å². The number of halogens is 1. The second-order valence-electron chi connectivity index (χ2n) is 0.924. The van der Waals surface area contributed by atoms with Gasteiger partial charge in [0.1, 0.15) is 0 Å². The third kappa shape index (κ3) is 3.89. The highest BCUT2D eigenvalue weighted by Gasteiger charge is 1.75. The van der Waals surface area contributed by atoms with E-state index in [-0.39, 0.29) is 0 Å². The fourth-order valence-corrected chi connectivity index (χ4v) is 0.258. The summed E-state index contributed by atoms with van der Waals surface area (Å²) in [6.45, 7) is 0.573. The molecule has 0 aromatic carbocycles. The van der Waals surface area contributed by atoms with E-state index in [9.17, 15) is 0 Å². The van der Waals surface area contributed by atoms with Crippen molar-refractivity contribution in [2.75, 3.05) is 12.4 Å². The van der Waals surface area contributed by atoms with Crippen LogP contribution in [-0.4, -0.2) is 12.4 Å². The number of hydrogen-bond donors (Lipinski definition) is 1. The molecule has 0 spiro atoms. The predicted octanol–water partition coefficient (Wildman–Crippen LogP) is 1.65.